The first-order valence-corrected chi connectivity index (χ1v) is 7.45. The standard InChI is InChI=1S/C17H18N4O2/c1-4-21-12(3)19-15-9-13(6-8-16(15)21)17(22)20-18-10-14-7-5-11(2)23-14/h5-10H,4H2,1-3H3,(H,20,22). The van der Waals surface area contributed by atoms with Gasteiger partial charge in [0.05, 0.1) is 17.2 Å². The van der Waals surface area contributed by atoms with E-state index in [4.69, 9.17) is 4.42 Å². The van der Waals surface area contributed by atoms with Crippen molar-refractivity contribution in [3.8, 4) is 0 Å². The Kier molecular flexibility index (Phi) is 3.97. The number of nitrogens with zero attached hydrogens (tertiary/aromatic N) is 3. The number of nitrogens with one attached hydrogen (secondary N) is 1. The number of furan rings is 1. The normalized spacial score (nSPS) is 11.4. The Labute approximate surface area is 133 Å². The van der Waals surface area contributed by atoms with Crippen molar-refractivity contribution in [2.24, 2.45) is 5.10 Å². The van der Waals surface area contributed by atoms with Crippen molar-refractivity contribution in [3.63, 3.8) is 0 Å². The number of benzene rings is 1. The maximum Gasteiger partial charge on any atom is 0.271 e. The molecule has 0 saturated carbocycles. The molecule has 0 aliphatic rings. The molecule has 0 unspecified atom stereocenters. The van der Waals surface area contributed by atoms with E-state index in [0.29, 0.717) is 11.3 Å². The molecule has 6 nitrogen and oxygen atoms in total. The third-order valence-corrected chi connectivity index (χ3v) is 3.64. The van der Waals surface area contributed by atoms with E-state index in [1.54, 1.807) is 18.2 Å². The SMILES string of the molecule is CCn1c(C)nc2cc(C(=O)NN=Cc3ccc(C)o3)ccc21. The molecule has 3 aromatic rings. The first kappa shape index (κ1) is 15.0. The third kappa shape index (κ3) is 3.01. The summed E-state index contributed by atoms with van der Waals surface area (Å²) >= 11 is 0. The van der Waals surface area contributed by atoms with E-state index in [-0.39, 0.29) is 5.91 Å². The quantitative estimate of drug-likeness (QED) is 0.594. The number of rotatable bonds is 4. The molecule has 2 aromatic heterocycles. The van der Waals surface area contributed by atoms with Gasteiger partial charge in [-0.3, -0.25) is 4.79 Å². The largest absolute Gasteiger partial charge is 0.460 e. The summed E-state index contributed by atoms with van der Waals surface area (Å²) in [5.74, 6) is 2.04. The van der Waals surface area contributed by atoms with Crippen LogP contribution in [-0.2, 0) is 6.54 Å². The minimum absolute atomic E-state index is 0.282. The molecule has 0 aliphatic heterocycles. The molecule has 118 valence electrons. The highest BCUT2D eigenvalue weighted by Crippen LogP contribution is 2.17. The Morgan fingerprint density at radius 3 is 2.87 bits per heavy atom. The summed E-state index contributed by atoms with van der Waals surface area (Å²) in [6.07, 6.45) is 1.47. The third-order valence-electron chi connectivity index (χ3n) is 3.64. The van der Waals surface area contributed by atoms with Crippen LogP contribution in [-0.4, -0.2) is 21.7 Å². The molecule has 3 rings (SSSR count). The molecule has 0 spiro atoms. The lowest BCUT2D eigenvalue weighted by Crippen LogP contribution is -2.17. The lowest BCUT2D eigenvalue weighted by Gasteiger charge is -2.02. The first-order valence-electron chi connectivity index (χ1n) is 7.45. The Bertz CT molecular complexity index is 889. The monoisotopic (exact) mass is 310 g/mol. The maximum absolute atomic E-state index is 12.2. The molecule has 2 heterocycles. The van der Waals surface area contributed by atoms with E-state index in [1.807, 2.05) is 26.0 Å². The van der Waals surface area contributed by atoms with Crippen molar-refractivity contribution >= 4 is 23.2 Å². The molecule has 23 heavy (non-hydrogen) atoms. The van der Waals surface area contributed by atoms with E-state index in [2.05, 4.69) is 27.0 Å². The number of hydrogen-bond acceptors (Lipinski definition) is 4. The molecule has 0 saturated heterocycles. The van der Waals surface area contributed by atoms with Gasteiger partial charge in [-0.25, -0.2) is 10.4 Å². The van der Waals surface area contributed by atoms with Gasteiger partial charge in [0.1, 0.15) is 17.3 Å². The number of carbonyl (C=O) groups is 1. The van der Waals surface area contributed by atoms with E-state index in [1.165, 1.54) is 6.21 Å². The van der Waals surface area contributed by atoms with E-state index < -0.39 is 0 Å². The zero-order chi connectivity index (χ0) is 16.4. The molecule has 1 amide bonds. The van der Waals surface area contributed by atoms with E-state index in [9.17, 15) is 4.79 Å². The molecule has 0 bridgehead atoms. The average Bonchev–Trinajstić information content (AvgIpc) is 3.08. The second-order valence-corrected chi connectivity index (χ2v) is 5.25. The van der Waals surface area contributed by atoms with Crippen LogP contribution in [0, 0.1) is 13.8 Å². The van der Waals surface area contributed by atoms with Crippen LogP contribution in [0.15, 0.2) is 39.9 Å². The van der Waals surface area contributed by atoms with Crippen LogP contribution in [0.25, 0.3) is 11.0 Å². The summed E-state index contributed by atoms with van der Waals surface area (Å²) in [6, 6.07) is 9.09. The number of imidazole rings is 1. The van der Waals surface area contributed by atoms with Crippen LogP contribution in [0.4, 0.5) is 0 Å². The van der Waals surface area contributed by atoms with Crippen molar-refractivity contribution < 1.29 is 9.21 Å². The smallest absolute Gasteiger partial charge is 0.271 e. The van der Waals surface area contributed by atoms with E-state index >= 15 is 0 Å². The number of aryl methyl sites for hydroxylation is 3. The predicted octanol–water partition coefficient (Wildman–Crippen LogP) is 3.03. The first-order chi connectivity index (χ1) is 11.1. The topological polar surface area (TPSA) is 72.4 Å². The van der Waals surface area contributed by atoms with Crippen LogP contribution in [0.2, 0.25) is 0 Å². The summed E-state index contributed by atoms with van der Waals surface area (Å²) in [4.78, 5) is 16.6. The van der Waals surface area contributed by atoms with Crippen molar-refractivity contribution in [1.29, 1.82) is 0 Å². The van der Waals surface area contributed by atoms with Crippen LogP contribution in [0.3, 0.4) is 0 Å². The van der Waals surface area contributed by atoms with Gasteiger partial charge in [-0.1, -0.05) is 0 Å². The molecule has 0 radical (unpaired) electrons. The van der Waals surface area contributed by atoms with Gasteiger partial charge < -0.3 is 8.98 Å². The fraction of sp³-hybridized carbons (Fsp3) is 0.235. The molecular formula is C17H18N4O2. The molecule has 0 fully saturated rings. The fourth-order valence-corrected chi connectivity index (χ4v) is 2.53. The summed E-state index contributed by atoms with van der Waals surface area (Å²) in [6.45, 7) is 6.72. The van der Waals surface area contributed by atoms with Gasteiger partial charge in [-0.2, -0.15) is 5.10 Å². The van der Waals surface area contributed by atoms with Crippen molar-refractivity contribution in [2.75, 3.05) is 0 Å². The summed E-state index contributed by atoms with van der Waals surface area (Å²) in [7, 11) is 0. The second-order valence-electron chi connectivity index (χ2n) is 5.25. The van der Waals surface area contributed by atoms with Crippen LogP contribution < -0.4 is 5.43 Å². The number of carbonyl (C=O) groups excluding carboxylic acids is 1. The van der Waals surface area contributed by atoms with Crippen LogP contribution >= 0.6 is 0 Å². The summed E-state index contributed by atoms with van der Waals surface area (Å²) in [5, 5.41) is 3.91. The van der Waals surface area contributed by atoms with Crippen LogP contribution in [0.1, 0.15) is 34.6 Å². The van der Waals surface area contributed by atoms with Gasteiger partial charge in [0.25, 0.3) is 5.91 Å². The molecule has 6 heteroatoms. The number of hydrazone groups is 1. The lowest BCUT2D eigenvalue weighted by atomic mass is 10.2. The zero-order valence-corrected chi connectivity index (χ0v) is 13.3. The average molecular weight is 310 g/mol. The Morgan fingerprint density at radius 1 is 1.35 bits per heavy atom. The summed E-state index contributed by atoms with van der Waals surface area (Å²) < 4.78 is 7.45. The van der Waals surface area contributed by atoms with Crippen molar-refractivity contribution in [2.45, 2.75) is 27.3 Å². The number of hydrogen-bond donors (Lipinski definition) is 1. The summed E-state index contributed by atoms with van der Waals surface area (Å²) in [5.41, 5.74) is 4.84. The van der Waals surface area contributed by atoms with E-state index in [0.717, 1.165) is 29.2 Å². The molecule has 0 aliphatic carbocycles. The van der Waals surface area contributed by atoms with Gasteiger partial charge in [0, 0.05) is 12.1 Å². The zero-order valence-electron chi connectivity index (χ0n) is 13.3. The Balaban J connectivity index is 1.77. The number of aromatic nitrogens is 2. The van der Waals surface area contributed by atoms with Gasteiger partial charge in [-0.15, -0.1) is 0 Å². The minimum Gasteiger partial charge on any atom is -0.460 e. The molecule has 0 atom stereocenters. The Hall–Kier alpha value is -2.89. The highest BCUT2D eigenvalue weighted by atomic mass is 16.3. The maximum atomic E-state index is 12.2. The van der Waals surface area contributed by atoms with Gasteiger partial charge in [-0.05, 0) is 51.1 Å². The fourth-order valence-electron chi connectivity index (χ4n) is 2.53. The molecular weight excluding hydrogens is 292 g/mol. The van der Waals surface area contributed by atoms with Gasteiger partial charge in [0.15, 0.2) is 0 Å². The second kappa shape index (κ2) is 6.08. The number of fused-ring (bicyclic) bond motifs is 1. The van der Waals surface area contributed by atoms with Crippen molar-refractivity contribution in [3.05, 3.63) is 53.2 Å². The highest BCUT2D eigenvalue weighted by Gasteiger charge is 2.10. The molecule has 1 N–H and O–H groups in total. The lowest BCUT2D eigenvalue weighted by molar-refractivity contribution is 0.0955. The van der Waals surface area contributed by atoms with Gasteiger partial charge in [0.2, 0.25) is 0 Å². The number of amides is 1. The highest BCUT2D eigenvalue weighted by molar-refractivity contribution is 5.97. The predicted molar refractivity (Wildman–Crippen MR) is 88.6 cm³/mol. The van der Waals surface area contributed by atoms with Gasteiger partial charge >= 0.3 is 0 Å². The molecule has 1 aromatic carbocycles. The minimum atomic E-state index is -0.282. The van der Waals surface area contributed by atoms with Crippen molar-refractivity contribution in [1.82, 2.24) is 15.0 Å². The van der Waals surface area contributed by atoms with Crippen LogP contribution in [0.5, 0.6) is 0 Å². The Morgan fingerprint density at radius 2 is 2.17 bits per heavy atom.